The normalized spacial score (nSPS) is 10.5. The molecular weight excluding hydrogens is 310 g/mol. The lowest BCUT2D eigenvalue weighted by molar-refractivity contribution is 0.215. The van der Waals surface area contributed by atoms with Gasteiger partial charge in [0.05, 0.1) is 0 Å². The number of amides is 1. The molecule has 0 saturated heterocycles. The topological polar surface area (TPSA) is 38.3 Å². The minimum Gasteiger partial charge on any atom is -0.410 e. The van der Waals surface area contributed by atoms with Crippen molar-refractivity contribution < 1.29 is 9.53 Å². The first-order chi connectivity index (χ1) is 12.1. The highest BCUT2D eigenvalue weighted by atomic mass is 16.6. The third-order valence-electron chi connectivity index (χ3n) is 4.32. The van der Waals surface area contributed by atoms with E-state index in [0.717, 1.165) is 17.7 Å². The second kappa shape index (κ2) is 9.87. The minimum atomic E-state index is -0.459. The van der Waals surface area contributed by atoms with E-state index in [9.17, 15) is 4.79 Å². The van der Waals surface area contributed by atoms with Crippen molar-refractivity contribution in [1.29, 1.82) is 0 Å². The monoisotopic (exact) mass is 339 g/mol. The number of ether oxygens (including phenoxy) is 1. The van der Waals surface area contributed by atoms with Gasteiger partial charge in [-0.05, 0) is 56.0 Å². The zero-order valence-corrected chi connectivity index (χ0v) is 15.6. The molecule has 0 fully saturated rings. The van der Waals surface area contributed by atoms with E-state index in [0.29, 0.717) is 5.75 Å². The Morgan fingerprint density at radius 1 is 0.960 bits per heavy atom. The molecule has 0 unspecified atom stereocenters. The summed E-state index contributed by atoms with van der Waals surface area (Å²) in [4.78, 5) is 12.0. The lowest BCUT2D eigenvalue weighted by Crippen LogP contribution is -2.17. The number of hydrogen-bond acceptors (Lipinski definition) is 2. The van der Waals surface area contributed by atoms with Gasteiger partial charge in [-0.15, -0.1) is 0 Å². The summed E-state index contributed by atoms with van der Waals surface area (Å²) in [6, 6.07) is 13.7. The Labute approximate surface area is 151 Å². The number of hydrogen-bond donors (Lipinski definition) is 1. The molecule has 2 rings (SSSR count). The predicted octanol–water partition coefficient (Wildman–Crippen LogP) is 6.43. The summed E-state index contributed by atoms with van der Waals surface area (Å²) < 4.78 is 5.37. The van der Waals surface area contributed by atoms with Crippen LogP contribution in [-0.4, -0.2) is 6.09 Å². The fraction of sp³-hybridized carbons (Fsp3) is 0.409. The van der Waals surface area contributed by atoms with Crippen LogP contribution < -0.4 is 10.1 Å². The summed E-state index contributed by atoms with van der Waals surface area (Å²) in [7, 11) is 0. The first kappa shape index (κ1) is 19.0. The van der Waals surface area contributed by atoms with Crippen LogP contribution in [0, 0.1) is 13.8 Å². The first-order valence-electron chi connectivity index (χ1n) is 9.23. The van der Waals surface area contributed by atoms with E-state index >= 15 is 0 Å². The van der Waals surface area contributed by atoms with E-state index < -0.39 is 6.09 Å². The van der Waals surface area contributed by atoms with Crippen LogP contribution in [0.5, 0.6) is 5.75 Å². The number of rotatable bonds is 8. The van der Waals surface area contributed by atoms with E-state index in [2.05, 4.69) is 12.2 Å². The molecular formula is C22H29NO2. The predicted molar refractivity (Wildman–Crippen MR) is 104 cm³/mol. The van der Waals surface area contributed by atoms with Gasteiger partial charge in [-0.3, -0.25) is 5.32 Å². The van der Waals surface area contributed by atoms with Crippen molar-refractivity contribution in [3.63, 3.8) is 0 Å². The van der Waals surface area contributed by atoms with Gasteiger partial charge in [-0.1, -0.05) is 62.4 Å². The van der Waals surface area contributed by atoms with Gasteiger partial charge in [0.2, 0.25) is 0 Å². The summed E-state index contributed by atoms with van der Waals surface area (Å²) in [6.45, 7) is 6.23. The average molecular weight is 339 g/mol. The molecule has 134 valence electrons. The second-order valence-electron chi connectivity index (χ2n) is 6.64. The number of aryl methyl sites for hydroxylation is 3. The first-order valence-corrected chi connectivity index (χ1v) is 9.23. The van der Waals surface area contributed by atoms with Crippen molar-refractivity contribution >= 4 is 11.8 Å². The van der Waals surface area contributed by atoms with Gasteiger partial charge in [0.1, 0.15) is 5.75 Å². The van der Waals surface area contributed by atoms with Gasteiger partial charge in [-0.25, -0.2) is 4.79 Å². The maximum Gasteiger partial charge on any atom is 0.417 e. The number of unbranched alkanes of at least 4 members (excludes halogenated alkanes) is 4. The lowest BCUT2D eigenvalue weighted by Gasteiger charge is -2.10. The van der Waals surface area contributed by atoms with E-state index in [1.165, 1.54) is 43.2 Å². The molecule has 0 aliphatic carbocycles. The molecule has 1 N–H and O–H groups in total. The average Bonchev–Trinajstić information content (AvgIpc) is 2.59. The van der Waals surface area contributed by atoms with Gasteiger partial charge in [-0.2, -0.15) is 0 Å². The summed E-state index contributed by atoms with van der Waals surface area (Å²) >= 11 is 0. The molecule has 0 radical (unpaired) electrons. The largest absolute Gasteiger partial charge is 0.417 e. The van der Waals surface area contributed by atoms with E-state index in [4.69, 9.17) is 4.74 Å². The number of carbonyl (C=O) groups is 1. The van der Waals surface area contributed by atoms with Gasteiger partial charge >= 0.3 is 6.09 Å². The number of anilines is 1. The Kier molecular flexibility index (Phi) is 7.52. The molecule has 0 aliphatic rings. The van der Waals surface area contributed by atoms with Crippen molar-refractivity contribution in [3.8, 4) is 5.75 Å². The summed E-state index contributed by atoms with van der Waals surface area (Å²) in [5.74, 6) is 0.567. The van der Waals surface area contributed by atoms with Crippen LogP contribution in [0.15, 0.2) is 42.5 Å². The smallest absolute Gasteiger partial charge is 0.410 e. The molecule has 0 saturated carbocycles. The summed E-state index contributed by atoms with van der Waals surface area (Å²) in [5.41, 5.74) is 4.26. The molecule has 0 bridgehead atoms. The standard InChI is InChI=1S/C22H29NO2/c1-4-5-6-7-8-9-19-11-13-20(14-12-19)25-22(24)23-21-15-10-17(2)16-18(21)3/h10-16H,4-9H2,1-3H3,(H,23,24). The highest BCUT2D eigenvalue weighted by Crippen LogP contribution is 2.18. The van der Waals surface area contributed by atoms with Gasteiger partial charge in [0.15, 0.2) is 0 Å². The Hall–Kier alpha value is -2.29. The molecule has 0 aromatic heterocycles. The molecule has 2 aromatic carbocycles. The molecule has 0 heterocycles. The van der Waals surface area contributed by atoms with Gasteiger partial charge in [0.25, 0.3) is 0 Å². The molecule has 0 aliphatic heterocycles. The Morgan fingerprint density at radius 3 is 2.36 bits per heavy atom. The van der Waals surface area contributed by atoms with Gasteiger partial charge in [0, 0.05) is 5.69 Å². The van der Waals surface area contributed by atoms with E-state index in [-0.39, 0.29) is 0 Å². The zero-order chi connectivity index (χ0) is 18.1. The third-order valence-corrected chi connectivity index (χ3v) is 4.32. The minimum absolute atomic E-state index is 0.459. The third kappa shape index (κ3) is 6.61. The van der Waals surface area contributed by atoms with Crippen molar-refractivity contribution in [1.82, 2.24) is 0 Å². The maximum atomic E-state index is 12.0. The Bertz CT molecular complexity index is 677. The van der Waals surface area contributed by atoms with Crippen LogP contribution in [0.2, 0.25) is 0 Å². The molecule has 0 atom stereocenters. The molecule has 0 spiro atoms. The van der Waals surface area contributed by atoms with Crippen molar-refractivity contribution in [2.75, 3.05) is 5.32 Å². The molecule has 3 nitrogen and oxygen atoms in total. The Balaban J connectivity index is 1.80. The second-order valence-corrected chi connectivity index (χ2v) is 6.64. The Morgan fingerprint density at radius 2 is 1.68 bits per heavy atom. The van der Waals surface area contributed by atoms with Crippen LogP contribution in [-0.2, 0) is 6.42 Å². The van der Waals surface area contributed by atoms with Gasteiger partial charge < -0.3 is 4.74 Å². The van der Waals surface area contributed by atoms with Crippen molar-refractivity contribution in [3.05, 3.63) is 59.2 Å². The highest BCUT2D eigenvalue weighted by molar-refractivity contribution is 5.87. The maximum absolute atomic E-state index is 12.0. The zero-order valence-electron chi connectivity index (χ0n) is 15.6. The summed E-state index contributed by atoms with van der Waals surface area (Å²) in [6.07, 6.45) is 7.03. The lowest BCUT2D eigenvalue weighted by atomic mass is 10.1. The van der Waals surface area contributed by atoms with E-state index in [1.807, 2.05) is 56.3 Å². The number of benzene rings is 2. The van der Waals surface area contributed by atoms with Crippen molar-refractivity contribution in [2.45, 2.75) is 59.3 Å². The van der Waals surface area contributed by atoms with Crippen LogP contribution in [0.1, 0.15) is 55.7 Å². The number of carbonyl (C=O) groups excluding carboxylic acids is 1. The SMILES string of the molecule is CCCCCCCc1ccc(OC(=O)Nc2ccc(C)cc2C)cc1. The summed E-state index contributed by atoms with van der Waals surface area (Å²) in [5, 5.41) is 2.79. The highest BCUT2D eigenvalue weighted by Gasteiger charge is 2.07. The van der Waals surface area contributed by atoms with Crippen LogP contribution >= 0.6 is 0 Å². The fourth-order valence-corrected chi connectivity index (χ4v) is 2.85. The van der Waals surface area contributed by atoms with Crippen LogP contribution in [0.3, 0.4) is 0 Å². The van der Waals surface area contributed by atoms with Crippen LogP contribution in [0.25, 0.3) is 0 Å². The fourth-order valence-electron chi connectivity index (χ4n) is 2.85. The van der Waals surface area contributed by atoms with E-state index in [1.54, 1.807) is 0 Å². The molecule has 25 heavy (non-hydrogen) atoms. The number of nitrogens with one attached hydrogen (secondary N) is 1. The molecule has 1 amide bonds. The van der Waals surface area contributed by atoms with Crippen LogP contribution in [0.4, 0.5) is 10.5 Å². The quantitative estimate of drug-likeness (QED) is 0.563. The molecule has 3 heteroatoms. The molecule has 2 aromatic rings. The van der Waals surface area contributed by atoms with Crippen molar-refractivity contribution in [2.24, 2.45) is 0 Å².